The molecule has 6 heteroatoms. The van der Waals surface area contributed by atoms with Gasteiger partial charge in [-0.15, -0.1) is 0 Å². The van der Waals surface area contributed by atoms with Crippen LogP contribution in [0.25, 0.3) is 0 Å². The first-order valence-electron chi connectivity index (χ1n) is 3.41. The van der Waals surface area contributed by atoms with E-state index in [1.165, 1.54) is 0 Å². The summed E-state index contributed by atoms with van der Waals surface area (Å²) in [7, 11) is 0. The van der Waals surface area contributed by atoms with E-state index in [2.05, 4.69) is 16.4 Å². The average Bonchev–Trinajstić information content (AvgIpc) is 1.97. The third-order valence-electron chi connectivity index (χ3n) is 0.980. The summed E-state index contributed by atoms with van der Waals surface area (Å²) < 4.78 is 35.0. The van der Waals surface area contributed by atoms with Gasteiger partial charge in [-0.25, -0.2) is 4.79 Å². The second-order valence-electron chi connectivity index (χ2n) is 2.33. The van der Waals surface area contributed by atoms with Crippen LogP contribution in [0.4, 0.5) is 13.2 Å². The summed E-state index contributed by atoms with van der Waals surface area (Å²) in [6, 6.07) is 0. The summed E-state index contributed by atoms with van der Waals surface area (Å²) in [4.78, 5) is 18.4. The van der Waals surface area contributed by atoms with Gasteiger partial charge in [0.1, 0.15) is 6.10 Å². The highest BCUT2D eigenvalue weighted by Gasteiger charge is 2.31. The van der Waals surface area contributed by atoms with Gasteiger partial charge in [0.25, 0.3) is 0 Å². The Bertz CT molecular complexity index is 188. The van der Waals surface area contributed by atoms with E-state index >= 15 is 0 Å². The van der Waals surface area contributed by atoms with Gasteiger partial charge >= 0.3 is 12.1 Å². The van der Waals surface area contributed by atoms with Crippen LogP contribution in [0.2, 0.25) is 0 Å². The Kier molecular flexibility index (Phi) is 4.47. The minimum Gasteiger partial charge on any atom is -0.293 e. The maximum atomic E-state index is 11.7. The molecule has 1 unspecified atom stereocenters. The fourth-order valence-electron chi connectivity index (χ4n) is 0.524. The number of alkyl halides is 3. The number of carbonyl (C=O) groups is 1. The number of rotatable bonds is 4. The Morgan fingerprint density at radius 2 is 2.15 bits per heavy atom. The lowest BCUT2D eigenvalue weighted by Crippen LogP contribution is -2.20. The first kappa shape index (κ1) is 12.0. The molecule has 76 valence electrons. The molecule has 0 aromatic carbocycles. The van der Waals surface area contributed by atoms with Crippen molar-refractivity contribution >= 4 is 5.97 Å². The lowest BCUT2D eigenvalue weighted by Gasteiger charge is -2.12. The quantitative estimate of drug-likeness (QED) is 0.393. The fourth-order valence-corrected chi connectivity index (χ4v) is 0.524. The second kappa shape index (κ2) is 4.86. The van der Waals surface area contributed by atoms with Gasteiger partial charge in [0.2, 0.25) is 0 Å². The van der Waals surface area contributed by atoms with Gasteiger partial charge in [-0.05, 0) is 6.92 Å². The third kappa shape index (κ3) is 7.32. The van der Waals surface area contributed by atoms with Crippen molar-refractivity contribution in [2.75, 3.05) is 0 Å². The molecule has 0 heterocycles. The molecule has 0 saturated heterocycles. The van der Waals surface area contributed by atoms with Crippen molar-refractivity contribution in [2.45, 2.75) is 25.6 Å². The largest absolute Gasteiger partial charge is 0.391 e. The zero-order valence-corrected chi connectivity index (χ0v) is 6.93. The van der Waals surface area contributed by atoms with E-state index in [1.54, 1.807) is 0 Å². The molecular weight excluding hydrogens is 189 g/mol. The molecule has 0 N–H and O–H groups in total. The predicted molar refractivity (Wildman–Crippen MR) is 37.5 cm³/mol. The van der Waals surface area contributed by atoms with Crippen LogP contribution in [0.1, 0.15) is 13.3 Å². The van der Waals surface area contributed by atoms with E-state index in [0.29, 0.717) is 0 Å². The molecule has 0 aliphatic heterocycles. The number of halogens is 3. The van der Waals surface area contributed by atoms with E-state index < -0.39 is 24.7 Å². The van der Waals surface area contributed by atoms with E-state index in [-0.39, 0.29) is 0 Å². The van der Waals surface area contributed by atoms with E-state index in [4.69, 9.17) is 0 Å². The Balaban J connectivity index is 3.69. The molecule has 0 aliphatic rings. The minimum absolute atomic E-state index is 0.792. The van der Waals surface area contributed by atoms with Gasteiger partial charge in [0.05, 0.1) is 6.42 Å². The Morgan fingerprint density at radius 3 is 2.54 bits per heavy atom. The monoisotopic (exact) mass is 198 g/mol. The van der Waals surface area contributed by atoms with Gasteiger partial charge in [0, 0.05) is 6.08 Å². The summed E-state index contributed by atoms with van der Waals surface area (Å²) in [5, 5.41) is 0. The van der Waals surface area contributed by atoms with Crippen LogP contribution in [-0.2, 0) is 14.6 Å². The third-order valence-corrected chi connectivity index (χ3v) is 0.980. The topological polar surface area (TPSA) is 35.5 Å². The van der Waals surface area contributed by atoms with E-state index in [1.807, 2.05) is 0 Å². The zero-order valence-electron chi connectivity index (χ0n) is 6.93. The highest BCUT2D eigenvalue weighted by Crippen LogP contribution is 2.22. The van der Waals surface area contributed by atoms with Crippen molar-refractivity contribution in [3.05, 3.63) is 12.7 Å². The second-order valence-corrected chi connectivity index (χ2v) is 2.33. The highest BCUT2D eigenvalue weighted by molar-refractivity contribution is 5.80. The molecule has 0 aromatic rings. The normalized spacial score (nSPS) is 13.5. The fraction of sp³-hybridized carbons (Fsp3) is 0.571. The van der Waals surface area contributed by atoms with Crippen LogP contribution in [0.5, 0.6) is 0 Å². The minimum atomic E-state index is -4.33. The zero-order chi connectivity index (χ0) is 10.5. The van der Waals surface area contributed by atoms with E-state index in [9.17, 15) is 18.0 Å². The maximum Gasteiger partial charge on any atom is 0.391 e. The lowest BCUT2D eigenvalue weighted by molar-refractivity contribution is -0.304. The molecule has 0 fully saturated rings. The van der Waals surface area contributed by atoms with Crippen molar-refractivity contribution < 1.29 is 27.7 Å². The number of hydrogen-bond acceptors (Lipinski definition) is 3. The van der Waals surface area contributed by atoms with Gasteiger partial charge < -0.3 is 0 Å². The molecule has 3 nitrogen and oxygen atoms in total. The molecule has 0 aromatic heterocycles. The number of hydrogen-bond donors (Lipinski definition) is 0. The molecule has 0 radical (unpaired) electrons. The van der Waals surface area contributed by atoms with E-state index in [0.717, 1.165) is 13.0 Å². The molecule has 0 spiro atoms. The van der Waals surface area contributed by atoms with Crippen molar-refractivity contribution in [1.29, 1.82) is 0 Å². The standard InChI is InChI=1S/C7H9F3O3/c1-3-6(11)13-12-5(2)4-7(8,9)10/h3,5H,1,4H2,2H3. The van der Waals surface area contributed by atoms with Crippen LogP contribution in [-0.4, -0.2) is 18.2 Å². The van der Waals surface area contributed by atoms with Crippen LogP contribution in [0.3, 0.4) is 0 Å². The molecule has 0 saturated carbocycles. The average molecular weight is 198 g/mol. The lowest BCUT2D eigenvalue weighted by atomic mass is 10.3. The summed E-state index contributed by atoms with van der Waals surface area (Å²) in [6.07, 6.45) is -5.93. The molecule has 13 heavy (non-hydrogen) atoms. The van der Waals surface area contributed by atoms with Crippen LogP contribution in [0, 0.1) is 0 Å². The summed E-state index contributed by atoms with van der Waals surface area (Å²) in [5.41, 5.74) is 0. The van der Waals surface area contributed by atoms with Crippen LogP contribution >= 0.6 is 0 Å². The van der Waals surface area contributed by atoms with Gasteiger partial charge in [0.15, 0.2) is 0 Å². The first-order chi connectivity index (χ1) is 5.85. The van der Waals surface area contributed by atoms with Crippen molar-refractivity contribution in [2.24, 2.45) is 0 Å². The van der Waals surface area contributed by atoms with Gasteiger partial charge in [-0.3, -0.25) is 4.89 Å². The molecule has 0 bridgehead atoms. The van der Waals surface area contributed by atoms with Crippen LogP contribution in [0.15, 0.2) is 12.7 Å². The molecular formula is C7H9F3O3. The summed E-state index contributed by atoms with van der Waals surface area (Å²) >= 11 is 0. The number of carbonyl (C=O) groups excluding carboxylic acids is 1. The van der Waals surface area contributed by atoms with Crippen molar-refractivity contribution in [1.82, 2.24) is 0 Å². The Labute approximate surface area is 73.1 Å². The van der Waals surface area contributed by atoms with Gasteiger partial charge in [-0.1, -0.05) is 6.58 Å². The molecule has 0 amide bonds. The van der Waals surface area contributed by atoms with Crippen LogP contribution < -0.4 is 0 Å². The summed E-state index contributed by atoms with van der Waals surface area (Å²) in [5.74, 6) is -0.922. The van der Waals surface area contributed by atoms with Crippen molar-refractivity contribution in [3.63, 3.8) is 0 Å². The smallest absolute Gasteiger partial charge is 0.293 e. The predicted octanol–water partition coefficient (Wildman–Crippen LogP) is 1.99. The SMILES string of the molecule is C=CC(=O)OOC(C)CC(F)(F)F. The summed E-state index contributed by atoms with van der Waals surface area (Å²) in [6.45, 7) is 4.18. The molecule has 0 aliphatic carbocycles. The maximum absolute atomic E-state index is 11.7. The van der Waals surface area contributed by atoms with Crippen molar-refractivity contribution in [3.8, 4) is 0 Å². The Hall–Kier alpha value is -1.04. The van der Waals surface area contributed by atoms with Gasteiger partial charge in [-0.2, -0.15) is 18.1 Å². The molecule has 0 rings (SSSR count). The highest BCUT2D eigenvalue weighted by atomic mass is 19.4. The molecule has 1 atom stereocenters. The Morgan fingerprint density at radius 1 is 1.62 bits per heavy atom. The first-order valence-corrected chi connectivity index (χ1v) is 3.41.